The number of hydrogen-bond acceptors (Lipinski definition) is 5. The van der Waals surface area contributed by atoms with Crippen molar-refractivity contribution in [3.63, 3.8) is 0 Å². The van der Waals surface area contributed by atoms with Crippen molar-refractivity contribution in [2.24, 2.45) is 17.8 Å². The highest BCUT2D eigenvalue weighted by Crippen LogP contribution is 2.65. The summed E-state index contributed by atoms with van der Waals surface area (Å²) in [6.45, 7) is 8.57. The zero-order valence-electron chi connectivity index (χ0n) is 22.0. The van der Waals surface area contributed by atoms with Crippen LogP contribution in [0, 0.1) is 17.8 Å². The van der Waals surface area contributed by atoms with Crippen LogP contribution in [0.2, 0.25) is 0 Å². The zero-order chi connectivity index (χ0) is 26.1. The molecule has 1 aromatic rings. The number of aliphatic hydroxyl groups is 1. The van der Waals surface area contributed by atoms with Crippen molar-refractivity contribution in [2.45, 2.75) is 89.6 Å². The summed E-state index contributed by atoms with van der Waals surface area (Å²) in [5, 5.41) is 16.2. The molecule has 3 N–H and O–H groups in total. The highest BCUT2D eigenvalue weighted by atomic mass is 16.5. The van der Waals surface area contributed by atoms with Crippen LogP contribution < -0.4 is 10.6 Å². The van der Waals surface area contributed by atoms with Gasteiger partial charge in [-0.15, -0.1) is 0 Å². The van der Waals surface area contributed by atoms with Gasteiger partial charge in [0.1, 0.15) is 11.6 Å². The lowest BCUT2D eigenvalue weighted by atomic mass is 9.62. The molecular weight excluding hydrogens is 458 g/mol. The predicted molar refractivity (Wildman–Crippen MR) is 136 cm³/mol. The van der Waals surface area contributed by atoms with E-state index < -0.39 is 35.1 Å². The first-order valence-corrected chi connectivity index (χ1v) is 13.5. The molecule has 0 aromatic heterocycles. The van der Waals surface area contributed by atoms with E-state index in [2.05, 4.69) is 17.6 Å². The summed E-state index contributed by atoms with van der Waals surface area (Å²) in [7, 11) is 0. The van der Waals surface area contributed by atoms with E-state index >= 15 is 0 Å². The molecule has 3 heterocycles. The molecule has 198 valence electrons. The lowest BCUT2D eigenvalue weighted by molar-refractivity contribution is -0.151. The maximum atomic E-state index is 14.0. The highest BCUT2D eigenvalue weighted by molar-refractivity contribution is 5.99. The fourth-order valence-corrected chi connectivity index (χ4v) is 6.76. The Labute approximate surface area is 214 Å². The number of unbranched alkanes of at least 4 members (excludes halogenated alkanes) is 2. The third kappa shape index (κ3) is 4.22. The maximum Gasteiger partial charge on any atom is 0.245 e. The number of ether oxygens (including phenoxy) is 1. The van der Waals surface area contributed by atoms with Crippen LogP contribution in [0.5, 0.6) is 0 Å². The summed E-state index contributed by atoms with van der Waals surface area (Å²) in [5.74, 6) is -2.24. The van der Waals surface area contributed by atoms with Gasteiger partial charge >= 0.3 is 0 Å². The highest BCUT2D eigenvalue weighted by Gasteiger charge is 2.80. The second-order valence-electron chi connectivity index (χ2n) is 10.9. The Morgan fingerprint density at radius 2 is 1.89 bits per heavy atom. The van der Waals surface area contributed by atoms with Crippen LogP contribution in [0.1, 0.15) is 65.4 Å². The quantitative estimate of drug-likeness (QED) is 0.405. The van der Waals surface area contributed by atoms with E-state index in [1.807, 2.05) is 51.1 Å². The molecule has 36 heavy (non-hydrogen) atoms. The number of carbonyl (C=O) groups is 3. The first kappa shape index (κ1) is 26.6. The molecular formula is C28H41N3O5. The Morgan fingerprint density at radius 1 is 1.17 bits per heavy atom. The van der Waals surface area contributed by atoms with Crippen LogP contribution in [0.4, 0.5) is 0 Å². The minimum atomic E-state index is -1.09. The average molecular weight is 500 g/mol. The van der Waals surface area contributed by atoms with Crippen LogP contribution in [-0.2, 0) is 25.7 Å². The van der Waals surface area contributed by atoms with E-state index in [9.17, 15) is 19.5 Å². The number of nitrogens with one attached hydrogen (secondary N) is 2. The van der Waals surface area contributed by atoms with Crippen molar-refractivity contribution < 1.29 is 24.2 Å². The molecule has 3 fully saturated rings. The summed E-state index contributed by atoms with van der Waals surface area (Å²) in [6, 6.07) is 8.26. The van der Waals surface area contributed by atoms with E-state index in [0.29, 0.717) is 25.9 Å². The number of nitrogens with zero attached hydrogens (tertiary/aromatic N) is 1. The fourth-order valence-electron chi connectivity index (χ4n) is 6.76. The lowest BCUT2D eigenvalue weighted by Crippen LogP contribution is -2.58. The summed E-state index contributed by atoms with van der Waals surface area (Å²) in [4.78, 5) is 42.9. The number of rotatable bonds is 11. The standard InChI is InChI=1S/C28H41N3O5/c1-5-7-11-14-29-25(34)23-28-15-18(3)27(4,36-28)21(22(28)26(35)31(23)20(6-2)17-32)24(33)30-16-19-12-9-8-10-13-19/h8-10,12-13,18,20-23,32H,5-7,11,14-17H2,1-4H3,(H,29,34)(H,30,33)/t18?,20-,21+,22-,23?,27-,28?/m0/s1. The van der Waals surface area contributed by atoms with Crippen LogP contribution >= 0.6 is 0 Å². The van der Waals surface area contributed by atoms with Gasteiger partial charge in [-0.3, -0.25) is 14.4 Å². The number of likely N-dealkylation sites (tertiary alicyclic amines) is 1. The summed E-state index contributed by atoms with van der Waals surface area (Å²) >= 11 is 0. The van der Waals surface area contributed by atoms with Gasteiger partial charge in [0.15, 0.2) is 0 Å². The van der Waals surface area contributed by atoms with E-state index in [0.717, 1.165) is 24.8 Å². The number of carbonyl (C=O) groups excluding carboxylic acids is 3. The molecule has 3 unspecified atom stereocenters. The average Bonchev–Trinajstić information content (AvgIpc) is 3.39. The molecule has 3 aliphatic rings. The Balaban J connectivity index is 1.66. The molecule has 0 radical (unpaired) electrons. The Morgan fingerprint density at radius 3 is 2.53 bits per heavy atom. The molecule has 7 atom stereocenters. The van der Waals surface area contributed by atoms with Gasteiger partial charge in [0.25, 0.3) is 0 Å². The van der Waals surface area contributed by atoms with Gasteiger partial charge in [0, 0.05) is 13.1 Å². The second kappa shape index (κ2) is 10.5. The molecule has 8 heteroatoms. The number of hydrogen-bond donors (Lipinski definition) is 3. The van der Waals surface area contributed by atoms with Crippen molar-refractivity contribution in [1.29, 1.82) is 0 Å². The molecule has 3 aliphatic heterocycles. The molecule has 3 amide bonds. The van der Waals surface area contributed by atoms with Gasteiger partial charge in [-0.1, -0.05) is 63.9 Å². The lowest BCUT2D eigenvalue weighted by Gasteiger charge is -2.36. The molecule has 1 aromatic carbocycles. The van der Waals surface area contributed by atoms with E-state index in [1.54, 1.807) is 0 Å². The third-order valence-electron chi connectivity index (χ3n) is 8.75. The van der Waals surface area contributed by atoms with Gasteiger partial charge < -0.3 is 25.4 Å². The maximum absolute atomic E-state index is 14.0. The second-order valence-corrected chi connectivity index (χ2v) is 10.9. The fraction of sp³-hybridized carbons (Fsp3) is 0.679. The molecule has 4 rings (SSSR count). The van der Waals surface area contributed by atoms with Gasteiger partial charge in [-0.05, 0) is 37.7 Å². The summed E-state index contributed by atoms with van der Waals surface area (Å²) in [5.41, 5.74) is -0.968. The van der Waals surface area contributed by atoms with Gasteiger partial charge in [-0.2, -0.15) is 0 Å². The normalized spacial score (nSPS) is 33.5. The number of fused-ring (bicyclic) bond motifs is 1. The number of aliphatic hydroxyl groups excluding tert-OH is 1. The van der Waals surface area contributed by atoms with Crippen molar-refractivity contribution in [1.82, 2.24) is 15.5 Å². The van der Waals surface area contributed by atoms with Crippen LogP contribution in [-0.4, -0.2) is 64.2 Å². The van der Waals surface area contributed by atoms with E-state index in [1.165, 1.54) is 4.90 Å². The van der Waals surface area contributed by atoms with Crippen LogP contribution in [0.25, 0.3) is 0 Å². The van der Waals surface area contributed by atoms with Crippen LogP contribution in [0.15, 0.2) is 30.3 Å². The Kier molecular flexibility index (Phi) is 7.76. The summed E-state index contributed by atoms with van der Waals surface area (Å²) < 4.78 is 6.70. The largest absolute Gasteiger partial charge is 0.394 e. The molecule has 0 saturated carbocycles. The van der Waals surface area contributed by atoms with Crippen molar-refractivity contribution in [2.75, 3.05) is 13.2 Å². The minimum absolute atomic E-state index is 0.0152. The molecule has 2 bridgehead atoms. The number of amides is 3. The van der Waals surface area contributed by atoms with Gasteiger partial charge in [-0.25, -0.2) is 0 Å². The third-order valence-corrected chi connectivity index (χ3v) is 8.75. The molecule has 1 spiro atoms. The van der Waals surface area contributed by atoms with Gasteiger partial charge in [0.2, 0.25) is 17.7 Å². The van der Waals surface area contributed by atoms with Crippen LogP contribution in [0.3, 0.4) is 0 Å². The summed E-state index contributed by atoms with van der Waals surface area (Å²) in [6.07, 6.45) is 3.92. The zero-order valence-corrected chi connectivity index (χ0v) is 22.0. The SMILES string of the molecule is CCCCCNC(=O)C1N([C@@H](CC)CO)C(=O)[C@@H]2[C@H](C(=O)NCc3ccccc3)[C@@]3(C)OC12CC3C. The molecule has 0 aliphatic carbocycles. The Hall–Kier alpha value is -2.45. The first-order valence-electron chi connectivity index (χ1n) is 13.5. The Bertz CT molecular complexity index is 967. The first-order chi connectivity index (χ1) is 17.2. The molecule has 3 saturated heterocycles. The van der Waals surface area contributed by atoms with Crippen molar-refractivity contribution in [3.05, 3.63) is 35.9 Å². The smallest absolute Gasteiger partial charge is 0.245 e. The predicted octanol–water partition coefficient (Wildman–Crippen LogP) is 2.39. The van der Waals surface area contributed by atoms with Crippen molar-refractivity contribution in [3.8, 4) is 0 Å². The molecule has 8 nitrogen and oxygen atoms in total. The van der Waals surface area contributed by atoms with E-state index in [4.69, 9.17) is 4.74 Å². The monoisotopic (exact) mass is 499 g/mol. The minimum Gasteiger partial charge on any atom is -0.394 e. The van der Waals surface area contributed by atoms with Gasteiger partial charge in [0.05, 0.1) is 30.1 Å². The number of benzene rings is 1. The van der Waals surface area contributed by atoms with Crippen molar-refractivity contribution >= 4 is 17.7 Å². The van der Waals surface area contributed by atoms with E-state index in [-0.39, 0.29) is 30.2 Å². The topological polar surface area (TPSA) is 108 Å².